The minimum absolute atomic E-state index is 0.120. The summed E-state index contributed by atoms with van der Waals surface area (Å²) in [5.41, 5.74) is 1.87. The average Bonchev–Trinajstić information content (AvgIpc) is 3.12. The van der Waals surface area contributed by atoms with Crippen LogP contribution in [0.5, 0.6) is 0 Å². The number of amides is 1. The second-order valence-electron chi connectivity index (χ2n) is 6.52. The number of aromatic amines is 1. The van der Waals surface area contributed by atoms with E-state index in [1.54, 1.807) is 48.7 Å². The standard InChI is InChI=1S/C21H19F3N2O3/c1-29-19(27)18(11-15-12-25-17-10-6-5-9-16(15)17)26(20(28)21(22,23)24)13-14-7-3-2-4-8-14/h2-10,12,18,25H,11,13H2,1H3/t18-/m0/s1. The van der Waals surface area contributed by atoms with Gasteiger partial charge in [-0.15, -0.1) is 0 Å². The molecule has 1 aromatic heterocycles. The second kappa shape index (κ2) is 8.38. The van der Waals surface area contributed by atoms with Gasteiger partial charge in [-0.2, -0.15) is 13.2 Å². The number of hydrogen-bond donors (Lipinski definition) is 1. The monoisotopic (exact) mass is 404 g/mol. The molecular weight excluding hydrogens is 385 g/mol. The van der Waals surface area contributed by atoms with E-state index in [0.717, 1.165) is 18.0 Å². The Kier molecular flexibility index (Phi) is 5.91. The number of benzene rings is 2. The first-order valence-corrected chi connectivity index (χ1v) is 8.86. The van der Waals surface area contributed by atoms with Crippen LogP contribution in [-0.2, 0) is 27.3 Å². The number of methoxy groups -OCH3 is 1. The largest absolute Gasteiger partial charge is 0.471 e. The van der Waals surface area contributed by atoms with Gasteiger partial charge in [-0.25, -0.2) is 4.79 Å². The number of alkyl halides is 3. The zero-order valence-electron chi connectivity index (χ0n) is 15.6. The number of carbonyl (C=O) groups excluding carboxylic acids is 2. The number of fused-ring (bicyclic) bond motifs is 1. The summed E-state index contributed by atoms with van der Waals surface area (Å²) in [6.45, 7) is -0.374. The van der Waals surface area contributed by atoms with Gasteiger partial charge in [0.15, 0.2) is 0 Å². The Hall–Kier alpha value is -3.29. The first-order valence-electron chi connectivity index (χ1n) is 8.86. The first kappa shape index (κ1) is 20.4. The molecule has 0 bridgehead atoms. The molecule has 0 saturated heterocycles. The van der Waals surface area contributed by atoms with Gasteiger partial charge < -0.3 is 14.6 Å². The van der Waals surface area contributed by atoms with Crippen LogP contribution >= 0.6 is 0 Å². The normalized spacial score (nSPS) is 12.6. The van der Waals surface area contributed by atoms with Crippen LogP contribution in [0.15, 0.2) is 60.8 Å². The summed E-state index contributed by atoms with van der Waals surface area (Å²) in [5.74, 6) is -3.00. The molecule has 3 rings (SSSR count). The van der Waals surface area contributed by atoms with E-state index in [1.165, 1.54) is 0 Å². The van der Waals surface area contributed by atoms with E-state index < -0.39 is 24.1 Å². The van der Waals surface area contributed by atoms with Crippen molar-refractivity contribution in [1.29, 1.82) is 0 Å². The number of halogens is 3. The van der Waals surface area contributed by atoms with Gasteiger partial charge in [-0.1, -0.05) is 48.5 Å². The van der Waals surface area contributed by atoms with Gasteiger partial charge in [0.25, 0.3) is 0 Å². The van der Waals surface area contributed by atoms with E-state index in [9.17, 15) is 22.8 Å². The number of ether oxygens (including phenoxy) is 1. The van der Waals surface area contributed by atoms with Crippen LogP contribution in [0.2, 0.25) is 0 Å². The fourth-order valence-corrected chi connectivity index (χ4v) is 3.23. The molecule has 1 atom stereocenters. The lowest BCUT2D eigenvalue weighted by atomic mass is 10.0. The summed E-state index contributed by atoms with van der Waals surface area (Å²) in [6.07, 6.45) is -3.62. The van der Waals surface area contributed by atoms with Gasteiger partial charge in [-0.05, 0) is 17.2 Å². The zero-order chi connectivity index (χ0) is 21.0. The topological polar surface area (TPSA) is 62.4 Å². The predicted octanol–water partition coefficient (Wildman–Crippen LogP) is 3.84. The van der Waals surface area contributed by atoms with Crippen molar-refractivity contribution in [2.24, 2.45) is 0 Å². The van der Waals surface area contributed by atoms with Crippen molar-refractivity contribution in [3.8, 4) is 0 Å². The lowest BCUT2D eigenvalue weighted by Gasteiger charge is -2.30. The van der Waals surface area contributed by atoms with Crippen LogP contribution < -0.4 is 0 Å². The number of carbonyl (C=O) groups is 2. The highest BCUT2D eigenvalue weighted by Crippen LogP contribution is 2.26. The molecule has 8 heteroatoms. The maximum atomic E-state index is 13.3. The fourth-order valence-electron chi connectivity index (χ4n) is 3.23. The molecule has 0 spiro atoms. The highest BCUT2D eigenvalue weighted by atomic mass is 19.4. The molecule has 0 aliphatic carbocycles. The molecule has 0 saturated carbocycles. The number of H-pyrrole nitrogens is 1. The maximum absolute atomic E-state index is 13.3. The summed E-state index contributed by atoms with van der Waals surface area (Å²) in [5, 5.41) is 0.764. The van der Waals surface area contributed by atoms with Gasteiger partial charge in [0.2, 0.25) is 0 Å². The predicted molar refractivity (Wildman–Crippen MR) is 101 cm³/mol. The fraction of sp³-hybridized carbons (Fsp3) is 0.238. The van der Waals surface area contributed by atoms with Gasteiger partial charge in [-0.3, -0.25) is 4.79 Å². The van der Waals surface area contributed by atoms with Gasteiger partial charge in [0.1, 0.15) is 6.04 Å². The second-order valence-corrected chi connectivity index (χ2v) is 6.52. The molecule has 0 fully saturated rings. The lowest BCUT2D eigenvalue weighted by Crippen LogP contribution is -2.51. The van der Waals surface area contributed by atoms with Crippen LogP contribution in [0.1, 0.15) is 11.1 Å². The molecule has 1 heterocycles. The molecule has 29 heavy (non-hydrogen) atoms. The molecule has 0 unspecified atom stereocenters. The molecule has 5 nitrogen and oxygen atoms in total. The van der Waals surface area contributed by atoms with Crippen molar-refractivity contribution in [1.82, 2.24) is 9.88 Å². The number of nitrogens with zero attached hydrogens (tertiary/aromatic N) is 1. The molecule has 0 aliphatic rings. The molecule has 152 valence electrons. The highest BCUT2D eigenvalue weighted by Gasteiger charge is 2.46. The van der Waals surface area contributed by atoms with Crippen LogP contribution in [0.4, 0.5) is 13.2 Å². The SMILES string of the molecule is COC(=O)[C@H](Cc1c[nH]c2ccccc12)N(Cc1ccccc1)C(=O)C(F)(F)F. The zero-order valence-corrected chi connectivity index (χ0v) is 15.6. The van der Waals surface area contributed by atoms with Crippen LogP contribution in [0.3, 0.4) is 0 Å². The third-order valence-electron chi connectivity index (χ3n) is 4.64. The number of para-hydroxylation sites is 1. The molecule has 1 N–H and O–H groups in total. The Labute approximate surface area is 165 Å². The van der Waals surface area contributed by atoms with E-state index in [1.807, 2.05) is 12.1 Å². The summed E-state index contributed by atoms with van der Waals surface area (Å²) in [4.78, 5) is 28.2. The van der Waals surface area contributed by atoms with E-state index >= 15 is 0 Å². The van der Waals surface area contributed by atoms with E-state index in [0.29, 0.717) is 16.0 Å². The van der Waals surface area contributed by atoms with E-state index in [2.05, 4.69) is 4.98 Å². The lowest BCUT2D eigenvalue weighted by molar-refractivity contribution is -0.191. The molecule has 3 aromatic rings. The maximum Gasteiger partial charge on any atom is 0.471 e. The molecule has 1 amide bonds. The molecule has 0 radical (unpaired) electrons. The highest BCUT2D eigenvalue weighted by molar-refractivity contribution is 5.89. The summed E-state index contributed by atoms with van der Waals surface area (Å²) < 4.78 is 44.7. The minimum Gasteiger partial charge on any atom is -0.467 e. The van der Waals surface area contributed by atoms with Crippen molar-refractivity contribution in [2.45, 2.75) is 25.2 Å². The van der Waals surface area contributed by atoms with Gasteiger partial charge in [0, 0.05) is 30.1 Å². The molecular formula is C21H19F3N2O3. The third kappa shape index (κ3) is 4.59. The third-order valence-corrected chi connectivity index (χ3v) is 4.64. The number of rotatable bonds is 6. The van der Waals surface area contributed by atoms with Gasteiger partial charge >= 0.3 is 18.1 Å². The Morgan fingerprint density at radius 2 is 1.72 bits per heavy atom. The van der Waals surface area contributed by atoms with Crippen molar-refractivity contribution < 1.29 is 27.5 Å². The first-order chi connectivity index (χ1) is 13.8. The summed E-state index contributed by atoms with van der Waals surface area (Å²) in [7, 11) is 1.09. The average molecular weight is 404 g/mol. The molecule has 2 aromatic carbocycles. The Morgan fingerprint density at radius 3 is 2.38 bits per heavy atom. The molecule has 0 aliphatic heterocycles. The summed E-state index contributed by atoms with van der Waals surface area (Å²) in [6, 6.07) is 14.0. The van der Waals surface area contributed by atoms with E-state index in [-0.39, 0.29) is 13.0 Å². The van der Waals surface area contributed by atoms with Crippen LogP contribution in [0, 0.1) is 0 Å². The minimum atomic E-state index is -5.12. The summed E-state index contributed by atoms with van der Waals surface area (Å²) >= 11 is 0. The number of hydrogen-bond acceptors (Lipinski definition) is 3. The Bertz CT molecular complexity index is 999. The van der Waals surface area contributed by atoms with Crippen LogP contribution in [0.25, 0.3) is 10.9 Å². The quantitative estimate of drug-likeness (QED) is 0.635. The van der Waals surface area contributed by atoms with Gasteiger partial charge in [0.05, 0.1) is 7.11 Å². The van der Waals surface area contributed by atoms with E-state index in [4.69, 9.17) is 4.74 Å². The van der Waals surface area contributed by atoms with Crippen molar-refractivity contribution in [2.75, 3.05) is 7.11 Å². The Morgan fingerprint density at radius 1 is 1.07 bits per heavy atom. The van der Waals surface area contributed by atoms with Crippen molar-refractivity contribution in [3.63, 3.8) is 0 Å². The smallest absolute Gasteiger partial charge is 0.467 e. The number of aromatic nitrogens is 1. The van der Waals surface area contributed by atoms with Crippen LogP contribution in [-0.4, -0.2) is 41.1 Å². The van der Waals surface area contributed by atoms with Crippen molar-refractivity contribution >= 4 is 22.8 Å². The number of nitrogens with one attached hydrogen (secondary N) is 1. The number of esters is 1. The Balaban J connectivity index is 2.01. The van der Waals surface area contributed by atoms with Crippen molar-refractivity contribution in [3.05, 3.63) is 71.9 Å².